The van der Waals surface area contributed by atoms with E-state index in [4.69, 9.17) is 21.1 Å². The molecule has 0 aromatic heterocycles. The minimum Gasteiger partial charge on any atom is -0.496 e. The van der Waals surface area contributed by atoms with Crippen LogP contribution < -0.4 is 14.8 Å². The Hall–Kier alpha value is -4.09. The first-order valence-electron chi connectivity index (χ1n) is 11.8. The number of halogens is 1. The molecule has 0 unspecified atom stereocenters. The van der Waals surface area contributed by atoms with E-state index in [9.17, 15) is 9.59 Å². The third-order valence-corrected chi connectivity index (χ3v) is 6.44. The van der Waals surface area contributed by atoms with Crippen LogP contribution in [0.15, 0.2) is 78.9 Å². The van der Waals surface area contributed by atoms with Crippen molar-refractivity contribution in [2.75, 3.05) is 12.4 Å². The Labute approximate surface area is 222 Å². The molecule has 0 saturated heterocycles. The lowest BCUT2D eigenvalue weighted by Crippen LogP contribution is -2.16. The summed E-state index contributed by atoms with van der Waals surface area (Å²) in [4.78, 5) is 26.4. The first-order valence-corrected chi connectivity index (χ1v) is 12.2. The number of anilines is 1. The van der Waals surface area contributed by atoms with Gasteiger partial charge in [-0.1, -0.05) is 48.0 Å². The number of methoxy groups -OCH3 is 1. The maximum absolute atomic E-state index is 13.2. The summed E-state index contributed by atoms with van der Waals surface area (Å²) in [7, 11) is 1.58. The van der Waals surface area contributed by atoms with Crippen LogP contribution in [0.4, 0.5) is 5.69 Å². The van der Waals surface area contributed by atoms with Gasteiger partial charge in [0.1, 0.15) is 18.1 Å². The Morgan fingerprint density at radius 2 is 1.59 bits per heavy atom. The van der Waals surface area contributed by atoms with E-state index in [0.29, 0.717) is 33.1 Å². The lowest BCUT2D eigenvalue weighted by atomic mass is 10.0. The fourth-order valence-electron chi connectivity index (χ4n) is 4.09. The molecule has 6 heteroatoms. The highest BCUT2D eigenvalue weighted by molar-refractivity contribution is 6.31. The van der Waals surface area contributed by atoms with Gasteiger partial charge in [0.25, 0.3) is 5.91 Å². The van der Waals surface area contributed by atoms with E-state index in [1.165, 1.54) is 0 Å². The minimum absolute atomic E-state index is 0.229. The van der Waals surface area contributed by atoms with Crippen LogP contribution in [0.2, 0.25) is 5.02 Å². The third kappa shape index (κ3) is 6.01. The normalized spacial score (nSPS) is 10.6. The maximum Gasteiger partial charge on any atom is 0.255 e. The van der Waals surface area contributed by atoms with Gasteiger partial charge in [0.05, 0.1) is 12.8 Å². The molecular weight excluding hydrogens is 486 g/mol. The van der Waals surface area contributed by atoms with E-state index in [1.54, 1.807) is 67.8 Å². The van der Waals surface area contributed by atoms with Gasteiger partial charge in [0.15, 0.2) is 5.78 Å². The van der Waals surface area contributed by atoms with Crippen molar-refractivity contribution in [3.05, 3.63) is 123 Å². The third-order valence-electron chi connectivity index (χ3n) is 6.20. The van der Waals surface area contributed by atoms with Crippen molar-refractivity contribution in [3.63, 3.8) is 0 Å². The second kappa shape index (κ2) is 11.3. The SMILES string of the molecule is COc1ccc(C(=O)Nc2ccc(Cl)cc2C(=O)c2ccccc2)cc1COc1cc(C)cc(C)c1C. The molecule has 0 spiro atoms. The number of hydrogen-bond acceptors (Lipinski definition) is 4. The molecule has 4 aromatic carbocycles. The molecular formula is C31H28ClNO4. The van der Waals surface area contributed by atoms with Crippen LogP contribution >= 0.6 is 11.6 Å². The van der Waals surface area contributed by atoms with Crippen LogP contribution in [0.3, 0.4) is 0 Å². The first-order chi connectivity index (χ1) is 17.8. The molecule has 4 aromatic rings. The molecule has 4 rings (SSSR count). The molecule has 0 aliphatic carbocycles. The van der Waals surface area contributed by atoms with E-state index >= 15 is 0 Å². The Kier molecular flexibility index (Phi) is 7.95. The van der Waals surface area contributed by atoms with Crippen molar-refractivity contribution < 1.29 is 19.1 Å². The number of nitrogens with one attached hydrogen (secondary N) is 1. The number of ether oxygens (including phenoxy) is 2. The van der Waals surface area contributed by atoms with Gasteiger partial charge >= 0.3 is 0 Å². The summed E-state index contributed by atoms with van der Waals surface area (Å²) >= 11 is 6.18. The number of carbonyl (C=O) groups is 2. The molecule has 0 saturated carbocycles. The molecule has 37 heavy (non-hydrogen) atoms. The summed E-state index contributed by atoms with van der Waals surface area (Å²) in [5, 5.41) is 3.27. The second-order valence-corrected chi connectivity index (χ2v) is 9.30. The van der Waals surface area contributed by atoms with Gasteiger partial charge in [-0.2, -0.15) is 0 Å². The van der Waals surface area contributed by atoms with E-state index in [-0.39, 0.29) is 18.3 Å². The van der Waals surface area contributed by atoms with Gasteiger partial charge in [-0.15, -0.1) is 0 Å². The number of carbonyl (C=O) groups excluding carboxylic acids is 2. The van der Waals surface area contributed by atoms with Gasteiger partial charge < -0.3 is 14.8 Å². The standard InChI is InChI=1S/C31H28ClNO4/c1-19-14-20(2)21(3)29(15-19)37-18-24-16-23(10-13-28(24)36-4)31(35)33-27-12-11-25(32)17-26(27)30(34)22-8-6-5-7-9-22/h5-17H,18H2,1-4H3,(H,33,35). The van der Waals surface area contributed by atoms with Gasteiger partial charge in [-0.05, 0) is 79.9 Å². The zero-order valence-corrected chi connectivity index (χ0v) is 22.0. The summed E-state index contributed by atoms with van der Waals surface area (Å²) in [6, 6.07) is 22.9. The average Bonchev–Trinajstić information content (AvgIpc) is 2.90. The number of rotatable bonds is 8. The van der Waals surface area contributed by atoms with Gasteiger partial charge in [-0.25, -0.2) is 0 Å². The molecule has 5 nitrogen and oxygen atoms in total. The summed E-state index contributed by atoms with van der Waals surface area (Å²) < 4.78 is 11.6. The lowest BCUT2D eigenvalue weighted by molar-refractivity contribution is 0.102. The minimum atomic E-state index is -0.365. The highest BCUT2D eigenvalue weighted by Gasteiger charge is 2.18. The van der Waals surface area contributed by atoms with Crippen LogP contribution in [0.25, 0.3) is 0 Å². The van der Waals surface area contributed by atoms with Crippen LogP contribution in [-0.2, 0) is 6.61 Å². The molecule has 188 valence electrons. The van der Waals surface area contributed by atoms with Crippen molar-refractivity contribution in [2.45, 2.75) is 27.4 Å². The topological polar surface area (TPSA) is 64.6 Å². The zero-order valence-electron chi connectivity index (χ0n) is 21.2. The van der Waals surface area contributed by atoms with Crippen molar-refractivity contribution in [2.24, 2.45) is 0 Å². The fraction of sp³-hybridized carbons (Fsp3) is 0.161. The molecule has 0 radical (unpaired) electrons. The number of ketones is 1. The summed E-state index contributed by atoms with van der Waals surface area (Å²) in [6.45, 7) is 6.32. The largest absolute Gasteiger partial charge is 0.496 e. The van der Waals surface area contributed by atoms with Crippen LogP contribution in [0.5, 0.6) is 11.5 Å². The first kappa shape index (κ1) is 26.0. The molecule has 0 heterocycles. The molecule has 1 amide bonds. The number of aryl methyl sites for hydroxylation is 2. The lowest BCUT2D eigenvalue weighted by Gasteiger charge is -2.15. The fourth-order valence-corrected chi connectivity index (χ4v) is 4.26. The predicted octanol–water partition coefficient (Wildman–Crippen LogP) is 7.34. The average molecular weight is 514 g/mol. The maximum atomic E-state index is 13.2. The quantitative estimate of drug-likeness (QED) is 0.250. The number of amides is 1. The highest BCUT2D eigenvalue weighted by Crippen LogP contribution is 2.28. The molecule has 0 bridgehead atoms. The van der Waals surface area contributed by atoms with Crippen LogP contribution in [0, 0.1) is 20.8 Å². The van der Waals surface area contributed by atoms with Crippen molar-refractivity contribution in [3.8, 4) is 11.5 Å². The molecule has 0 aliphatic rings. The summed E-state index contributed by atoms with van der Waals surface area (Å²) in [5.74, 6) is 0.812. The smallest absolute Gasteiger partial charge is 0.255 e. The van der Waals surface area contributed by atoms with Crippen molar-refractivity contribution >= 4 is 29.0 Å². The highest BCUT2D eigenvalue weighted by atomic mass is 35.5. The van der Waals surface area contributed by atoms with Gasteiger partial charge in [0.2, 0.25) is 0 Å². The molecule has 0 atom stereocenters. The Morgan fingerprint density at radius 1 is 0.838 bits per heavy atom. The number of hydrogen-bond donors (Lipinski definition) is 1. The zero-order chi connectivity index (χ0) is 26.5. The second-order valence-electron chi connectivity index (χ2n) is 8.86. The Morgan fingerprint density at radius 3 is 2.32 bits per heavy atom. The Bertz CT molecular complexity index is 1460. The summed E-state index contributed by atoms with van der Waals surface area (Å²) in [5.41, 5.74) is 5.66. The van der Waals surface area contributed by atoms with Gasteiger partial charge in [-0.3, -0.25) is 9.59 Å². The molecule has 0 aliphatic heterocycles. The van der Waals surface area contributed by atoms with Crippen LogP contribution in [0.1, 0.15) is 48.5 Å². The van der Waals surface area contributed by atoms with E-state index in [2.05, 4.69) is 11.4 Å². The van der Waals surface area contributed by atoms with E-state index in [1.807, 2.05) is 32.9 Å². The van der Waals surface area contributed by atoms with Crippen molar-refractivity contribution in [1.82, 2.24) is 0 Å². The van der Waals surface area contributed by atoms with Crippen molar-refractivity contribution in [1.29, 1.82) is 0 Å². The number of benzene rings is 4. The van der Waals surface area contributed by atoms with Gasteiger partial charge in [0, 0.05) is 27.3 Å². The van der Waals surface area contributed by atoms with E-state index in [0.717, 1.165) is 28.0 Å². The summed E-state index contributed by atoms with van der Waals surface area (Å²) in [6.07, 6.45) is 0. The monoisotopic (exact) mass is 513 g/mol. The molecule has 1 N–H and O–H groups in total. The predicted molar refractivity (Wildman–Crippen MR) is 147 cm³/mol. The van der Waals surface area contributed by atoms with E-state index < -0.39 is 0 Å². The molecule has 0 fully saturated rings. The Balaban J connectivity index is 1.59. The van der Waals surface area contributed by atoms with Crippen LogP contribution in [-0.4, -0.2) is 18.8 Å².